The molecule has 0 bridgehead atoms. The SMILES string of the molecule is COc1ccc(C(C)=O)cc1CSc1nc(C(F)(F)F)nc2ccccc12. The molecule has 3 rings (SSSR count). The Labute approximate surface area is 157 Å². The van der Waals surface area contributed by atoms with Gasteiger partial charge < -0.3 is 4.74 Å². The lowest BCUT2D eigenvalue weighted by atomic mass is 10.1. The number of methoxy groups -OCH3 is 1. The quantitative estimate of drug-likeness (QED) is 0.341. The van der Waals surface area contributed by atoms with E-state index in [1.54, 1.807) is 36.4 Å². The summed E-state index contributed by atoms with van der Waals surface area (Å²) in [4.78, 5) is 18.9. The summed E-state index contributed by atoms with van der Waals surface area (Å²) in [5.41, 5.74) is 1.44. The summed E-state index contributed by atoms with van der Waals surface area (Å²) >= 11 is 1.14. The number of halogens is 3. The Morgan fingerprint density at radius 3 is 2.56 bits per heavy atom. The fourth-order valence-corrected chi connectivity index (χ4v) is 3.54. The molecule has 0 aliphatic carbocycles. The van der Waals surface area contributed by atoms with E-state index in [1.807, 2.05) is 0 Å². The van der Waals surface area contributed by atoms with E-state index in [9.17, 15) is 18.0 Å². The maximum atomic E-state index is 13.1. The van der Waals surface area contributed by atoms with Crippen LogP contribution in [0.5, 0.6) is 5.75 Å². The number of fused-ring (bicyclic) bond motifs is 1. The first-order chi connectivity index (χ1) is 12.8. The summed E-state index contributed by atoms with van der Waals surface area (Å²) in [6.45, 7) is 1.45. The van der Waals surface area contributed by atoms with Crippen LogP contribution in [0.3, 0.4) is 0 Å². The number of benzene rings is 2. The largest absolute Gasteiger partial charge is 0.496 e. The Hall–Kier alpha value is -2.61. The smallest absolute Gasteiger partial charge is 0.451 e. The van der Waals surface area contributed by atoms with Crippen LogP contribution in [0.25, 0.3) is 10.9 Å². The number of rotatable bonds is 5. The monoisotopic (exact) mass is 392 g/mol. The summed E-state index contributed by atoms with van der Waals surface area (Å²) in [5, 5.41) is 0.764. The maximum absolute atomic E-state index is 13.1. The molecule has 2 aromatic carbocycles. The number of thioether (sulfide) groups is 1. The molecule has 0 saturated heterocycles. The molecule has 0 unspecified atom stereocenters. The fourth-order valence-electron chi connectivity index (χ4n) is 2.54. The molecule has 0 fully saturated rings. The Morgan fingerprint density at radius 2 is 1.89 bits per heavy atom. The molecule has 4 nitrogen and oxygen atoms in total. The van der Waals surface area contributed by atoms with Crippen molar-refractivity contribution in [1.29, 1.82) is 0 Å². The highest BCUT2D eigenvalue weighted by atomic mass is 32.2. The van der Waals surface area contributed by atoms with Crippen molar-refractivity contribution in [2.45, 2.75) is 23.9 Å². The van der Waals surface area contributed by atoms with Gasteiger partial charge >= 0.3 is 6.18 Å². The van der Waals surface area contributed by atoms with Gasteiger partial charge in [-0.3, -0.25) is 4.79 Å². The van der Waals surface area contributed by atoms with Crippen molar-refractivity contribution in [2.75, 3.05) is 7.11 Å². The molecule has 0 aliphatic heterocycles. The lowest BCUT2D eigenvalue weighted by Crippen LogP contribution is -2.11. The van der Waals surface area contributed by atoms with Crippen LogP contribution in [-0.4, -0.2) is 22.9 Å². The van der Waals surface area contributed by atoms with E-state index in [0.29, 0.717) is 28.0 Å². The molecule has 0 saturated carbocycles. The molecule has 0 radical (unpaired) electrons. The van der Waals surface area contributed by atoms with E-state index < -0.39 is 12.0 Å². The maximum Gasteiger partial charge on any atom is 0.451 e. The standard InChI is InChI=1S/C19H15F3N2O2S/c1-11(25)12-7-8-16(26-2)13(9-12)10-27-17-14-5-3-4-6-15(14)23-18(24-17)19(20,21)22/h3-9H,10H2,1-2H3. The van der Waals surface area contributed by atoms with Gasteiger partial charge in [-0.15, -0.1) is 11.8 Å². The van der Waals surface area contributed by atoms with Gasteiger partial charge in [-0.1, -0.05) is 18.2 Å². The van der Waals surface area contributed by atoms with Gasteiger partial charge in [0.25, 0.3) is 0 Å². The Balaban J connectivity index is 2.00. The van der Waals surface area contributed by atoms with E-state index in [-0.39, 0.29) is 16.3 Å². The number of hydrogen-bond donors (Lipinski definition) is 0. The van der Waals surface area contributed by atoms with Crippen molar-refractivity contribution in [3.8, 4) is 5.75 Å². The Bertz CT molecular complexity index is 1010. The van der Waals surface area contributed by atoms with Crippen LogP contribution in [0, 0.1) is 0 Å². The molecule has 1 aromatic heterocycles. The number of ether oxygens (including phenoxy) is 1. The minimum Gasteiger partial charge on any atom is -0.496 e. The van der Waals surface area contributed by atoms with E-state index in [1.165, 1.54) is 20.1 Å². The van der Waals surface area contributed by atoms with E-state index in [4.69, 9.17) is 4.74 Å². The number of ketones is 1. The van der Waals surface area contributed by atoms with Gasteiger partial charge in [-0.05, 0) is 31.2 Å². The number of nitrogens with zero attached hydrogens (tertiary/aromatic N) is 2. The molecule has 0 spiro atoms. The lowest BCUT2D eigenvalue weighted by molar-refractivity contribution is -0.145. The third kappa shape index (κ3) is 4.21. The highest BCUT2D eigenvalue weighted by Crippen LogP contribution is 2.34. The molecule has 0 N–H and O–H groups in total. The van der Waals surface area contributed by atoms with Crippen molar-refractivity contribution in [3.63, 3.8) is 0 Å². The molecular weight excluding hydrogens is 377 g/mol. The van der Waals surface area contributed by atoms with E-state index in [2.05, 4.69) is 9.97 Å². The highest BCUT2D eigenvalue weighted by Gasteiger charge is 2.35. The Kier molecular flexibility index (Phi) is 5.36. The van der Waals surface area contributed by atoms with Crippen LogP contribution in [0.4, 0.5) is 13.2 Å². The second kappa shape index (κ2) is 7.56. The van der Waals surface area contributed by atoms with E-state index >= 15 is 0 Å². The average molecular weight is 392 g/mol. The van der Waals surface area contributed by atoms with Crippen molar-refractivity contribution < 1.29 is 22.7 Å². The van der Waals surface area contributed by atoms with Gasteiger partial charge in [-0.25, -0.2) is 9.97 Å². The molecule has 8 heteroatoms. The zero-order valence-corrected chi connectivity index (χ0v) is 15.3. The van der Waals surface area contributed by atoms with Gasteiger partial charge in [0.2, 0.25) is 5.82 Å². The second-order valence-corrected chi connectivity index (χ2v) is 6.70. The van der Waals surface area contributed by atoms with Crippen LogP contribution < -0.4 is 4.74 Å². The minimum absolute atomic E-state index is 0.101. The predicted octanol–water partition coefficient (Wildman–Crippen LogP) is 5.15. The van der Waals surface area contributed by atoms with Gasteiger partial charge in [0.1, 0.15) is 10.8 Å². The first-order valence-electron chi connectivity index (χ1n) is 7.94. The molecule has 1 heterocycles. The summed E-state index contributed by atoms with van der Waals surface area (Å²) < 4.78 is 44.7. The molecular formula is C19H15F3N2O2S. The number of hydrogen-bond acceptors (Lipinski definition) is 5. The van der Waals surface area contributed by atoms with E-state index in [0.717, 1.165) is 11.8 Å². The summed E-state index contributed by atoms with van der Waals surface area (Å²) in [5.74, 6) is -0.423. The van der Waals surface area contributed by atoms with Crippen molar-refractivity contribution in [3.05, 3.63) is 59.4 Å². The number of carbonyl (C=O) groups excluding carboxylic acids is 1. The average Bonchev–Trinajstić information content (AvgIpc) is 2.64. The van der Waals surface area contributed by atoms with Crippen LogP contribution >= 0.6 is 11.8 Å². The molecule has 27 heavy (non-hydrogen) atoms. The molecule has 140 valence electrons. The number of para-hydroxylation sites is 1. The fraction of sp³-hybridized carbons (Fsp3) is 0.211. The first-order valence-corrected chi connectivity index (χ1v) is 8.93. The van der Waals surface area contributed by atoms with Crippen LogP contribution in [0.1, 0.15) is 28.7 Å². The van der Waals surface area contributed by atoms with Gasteiger partial charge in [0.15, 0.2) is 5.78 Å². The van der Waals surface area contributed by atoms with Crippen molar-refractivity contribution in [1.82, 2.24) is 9.97 Å². The zero-order chi connectivity index (χ0) is 19.6. The van der Waals surface area contributed by atoms with Crippen molar-refractivity contribution in [2.24, 2.45) is 0 Å². The number of alkyl halides is 3. The third-order valence-electron chi connectivity index (χ3n) is 3.87. The summed E-state index contributed by atoms with van der Waals surface area (Å²) in [6.07, 6.45) is -4.63. The van der Waals surface area contributed by atoms with Crippen molar-refractivity contribution >= 4 is 28.4 Å². The topological polar surface area (TPSA) is 52.1 Å². The molecule has 0 atom stereocenters. The summed E-state index contributed by atoms with van der Waals surface area (Å²) in [6, 6.07) is 11.6. The first kappa shape index (κ1) is 19.2. The minimum atomic E-state index is -4.63. The molecule has 3 aromatic rings. The third-order valence-corrected chi connectivity index (χ3v) is 4.91. The van der Waals surface area contributed by atoms with Gasteiger partial charge in [0.05, 0.1) is 12.6 Å². The number of carbonyl (C=O) groups is 1. The zero-order valence-electron chi connectivity index (χ0n) is 14.5. The van der Waals surface area contributed by atoms with Crippen LogP contribution in [0.15, 0.2) is 47.5 Å². The Morgan fingerprint density at radius 1 is 1.15 bits per heavy atom. The lowest BCUT2D eigenvalue weighted by Gasteiger charge is -2.12. The van der Waals surface area contributed by atoms with Crippen LogP contribution in [-0.2, 0) is 11.9 Å². The highest BCUT2D eigenvalue weighted by molar-refractivity contribution is 7.98. The predicted molar refractivity (Wildman–Crippen MR) is 97.1 cm³/mol. The normalized spacial score (nSPS) is 11.6. The molecule has 0 amide bonds. The number of Topliss-reactive ketones (excluding diaryl/α,β-unsaturated/α-hetero) is 1. The van der Waals surface area contributed by atoms with Gasteiger partial charge in [-0.2, -0.15) is 13.2 Å². The summed E-state index contributed by atoms with van der Waals surface area (Å²) in [7, 11) is 1.50. The van der Waals surface area contributed by atoms with Crippen LogP contribution in [0.2, 0.25) is 0 Å². The second-order valence-electron chi connectivity index (χ2n) is 5.74. The van der Waals surface area contributed by atoms with Gasteiger partial charge in [0, 0.05) is 22.3 Å². The molecule has 0 aliphatic rings. The number of aromatic nitrogens is 2.